The van der Waals surface area contributed by atoms with Crippen molar-refractivity contribution in [3.8, 4) is 5.75 Å². The third-order valence-corrected chi connectivity index (χ3v) is 5.56. The monoisotopic (exact) mass is 445 g/mol. The summed E-state index contributed by atoms with van der Waals surface area (Å²) in [5.41, 5.74) is 3.47. The van der Waals surface area contributed by atoms with Gasteiger partial charge in [-0.1, -0.05) is 66.2 Å². The molecule has 3 aromatic carbocycles. The van der Waals surface area contributed by atoms with Crippen LogP contribution in [0.2, 0.25) is 5.15 Å². The van der Waals surface area contributed by atoms with Crippen LogP contribution < -0.4 is 10.1 Å². The molecule has 5 nitrogen and oxygen atoms in total. The second-order valence-electron chi connectivity index (χ2n) is 7.45. The Bertz CT molecular complexity index is 1210. The fraction of sp³-hybridized carbons (Fsp3) is 0.154. The van der Waals surface area contributed by atoms with Crippen molar-refractivity contribution in [3.05, 3.63) is 101 Å². The van der Waals surface area contributed by atoms with Gasteiger partial charge in [0.15, 0.2) is 0 Å². The number of urea groups is 1. The number of fused-ring (bicyclic) bond motifs is 1. The van der Waals surface area contributed by atoms with Gasteiger partial charge >= 0.3 is 6.03 Å². The lowest BCUT2D eigenvalue weighted by atomic mass is 10.1. The molecule has 0 atom stereocenters. The van der Waals surface area contributed by atoms with E-state index >= 15 is 0 Å². The maximum atomic E-state index is 13.2. The fourth-order valence-electron chi connectivity index (χ4n) is 3.52. The Balaban J connectivity index is 1.57. The number of ether oxygens (including phenoxy) is 1. The Hall–Kier alpha value is -3.57. The van der Waals surface area contributed by atoms with Crippen LogP contribution in [0.3, 0.4) is 0 Å². The number of hydrogen-bond donors (Lipinski definition) is 1. The molecule has 4 aromatic rings. The summed E-state index contributed by atoms with van der Waals surface area (Å²) < 4.78 is 5.26. The Kier molecular flexibility index (Phi) is 6.87. The van der Waals surface area contributed by atoms with Crippen LogP contribution in [0.4, 0.5) is 10.5 Å². The van der Waals surface area contributed by atoms with E-state index in [1.54, 1.807) is 18.1 Å². The standard InChI is InChI=1S/C26H24ClN3O2/c1-32-23-12-7-11-22(17-23)28-26(31)30(15-14-19-8-3-2-4-9-19)18-21-16-20-10-5-6-13-24(20)29-25(21)27/h2-13,16-17H,14-15,18H2,1H3,(H,28,31). The summed E-state index contributed by atoms with van der Waals surface area (Å²) in [6.45, 7) is 0.877. The highest BCUT2D eigenvalue weighted by Crippen LogP contribution is 2.23. The molecule has 0 radical (unpaired) electrons. The number of nitrogens with one attached hydrogen (secondary N) is 1. The maximum absolute atomic E-state index is 13.2. The molecule has 0 aliphatic heterocycles. The number of halogens is 1. The van der Waals surface area contributed by atoms with E-state index in [9.17, 15) is 4.79 Å². The van der Waals surface area contributed by atoms with Crippen LogP contribution >= 0.6 is 11.6 Å². The van der Waals surface area contributed by atoms with Crippen molar-refractivity contribution < 1.29 is 9.53 Å². The van der Waals surface area contributed by atoms with Gasteiger partial charge in [0.2, 0.25) is 0 Å². The number of anilines is 1. The number of aromatic nitrogens is 1. The lowest BCUT2D eigenvalue weighted by molar-refractivity contribution is 0.210. The van der Waals surface area contributed by atoms with Crippen molar-refractivity contribution in [2.75, 3.05) is 19.0 Å². The van der Waals surface area contributed by atoms with Crippen molar-refractivity contribution in [3.63, 3.8) is 0 Å². The summed E-state index contributed by atoms with van der Waals surface area (Å²) in [5, 5.41) is 4.37. The molecule has 32 heavy (non-hydrogen) atoms. The molecule has 162 valence electrons. The number of para-hydroxylation sites is 1. The van der Waals surface area contributed by atoms with E-state index in [0.29, 0.717) is 29.7 Å². The second-order valence-corrected chi connectivity index (χ2v) is 7.81. The predicted octanol–water partition coefficient (Wildman–Crippen LogP) is 6.17. The van der Waals surface area contributed by atoms with E-state index < -0.39 is 0 Å². The highest BCUT2D eigenvalue weighted by atomic mass is 35.5. The minimum absolute atomic E-state index is 0.210. The summed E-state index contributed by atoms with van der Waals surface area (Å²) in [4.78, 5) is 19.5. The van der Waals surface area contributed by atoms with E-state index in [2.05, 4.69) is 22.4 Å². The largest absolute Gasteiger partial charge is 0.497 e. The number of nitrogens with zero attached hydrogens (tertiary/aromatic N) is 2. The van der Waals surface area contributed by atoms with E-state index in [4.69, 9.17) is 16.3 Å². The number of pyridine rings is 1. The molecule has 0 saturated heterocycles. The van der Waals surface area contributed by atoms with Gasteiger partial charge in [-0.3, -0.25) is 0 Å². The van der Waals surface area contributed by atoms with Gasteiger partial charge in [0.1, 0.15) is 10.9 Å². The Morgan fingerprint density at radius 2 is 1.78 bits per heavy atom. The van der Waals surface area contributed by atoms with Gasteiger partial charge in [0, 0.05) is 29.2 Å². The molecule has 0 bridgehead atoms. The Labute approximate surface area is 192 Å². The van der Waals surface area contributed by atoms with Crippen molar-refractivity contribution in [1.29, 1.82) is 0 Å². The third kappa shape index (κ3) is 5.37. The van der Waals surface area contributed by atoms with E-state index in [-0.39, 0.29) is 6.03 Å². The van der Waals surface area contributed by atoms with Crippen LogP contribution in [-0.4, -0.2) is 29.6 Å². The molecule has 6 heteroatoms. The first kappa shape index (κ1) is 21.7. The summed E-state index contributed by atoms with van der Waals surface area (Å²) >= 11 is 6.48. The topological polar surface area (TPSA) is 54.5 Å². The third-order valence-electron chi connectivity index (χ3n) is 5.23. The van der Waals surface area contributed by atoms with Gasteiger partial charge in [-0.2, -0.15) is 0 Å². The van der Waals surface area contributed by atoms with Gasteiger partial charge in [-0.05, 0) is 36.2 Å². The Morgan fingerprint density at radius 3 is 2.59 bits per heavy atom. The van der Waals surface area contributed by atoms with Crippen LogP contribution in [0.15, 0.2) is 84.9 Å². The average molecular weight is 446 g/mol. The molecule has 1 heterocycles. The maximum Gasteiger partial charge on any atom is 0.322 e. The zero-order valence-electron chi connectivity index (χ0n) is 17.8. The zero-order valence-corrected chi connectivity index (χ0v) is 18.5. The van der Waals surface area contributed by atoms with Crippen LogP contribution in [0.1, 0.15) is 11.1 Å². The quantitative estimate of drug-likeness (QED) is 0.346. The summed E-state index contributed by atoms with van der Waals surface area (Å²) in [6.07, 6.45) is 0.727. The molecule has 0 fully saturated rings. The molecule has 0 spiro atoms. The van der Waals surface area contributed by atoms with Crippen molar-refractivity contribution in [2.45, 2.75) is 13.0 Å². The number of carbonyl (C=O) groups is 1. The van der Waals surface area contributed by atoms with Gasteiger partial charge < -0.3 is 15.0 Å². The summed E-state index contributed by atoms with van der Waals surface area (Å²) in [5.74, 6) is 0.681. The number of methoxy groups -OCH3 is 1. The number of amides is 2. The lowest BCUT2D eigenvalue weighted by Crippen LogP contribution is -2.36. The first-order valence-corrected chi connectivity index (χ1v) is 10.8. The molecule has 1 aromatic heterocycles. The first-order valence-electron chi connectivity index (χ1n) is 10.4. The van der Waals surface area contributed by atoms with Gasteiger partial charge in [0.05, 0.1) is 19.2 Å². The van der Waals surface area contributed by atoms with Crippen LogP contribution in [-0.2, 0) is 13.0 Å². The molecular weight excluding hydrogens is 422 g/mol. The second kappa shape index (κ2) is 10.2. The number of carbonyl (C=O) groups excluding carboxylic acids is 1. The fourth-order valence-corrected chi connectivity index (χ4v) is 3.72. The molecule has 2 amide bonds. The van der Waals surface area contributed by atoms with E-state index in [1.807, 2.05) is 66.7 Å². The highest BCUT2D eigenvalue weighted by molar-refractivity contribution is 6.30. The number of hydrogen-bond acceptors (Lipinski definition) is 3. The summed E-state index contributed by atoms with van der Waals surface area (Å²) in [6, 6.07) is 27.0. The zero-order chi connectivity index (χ0) is 22.3. The van der Waals surface area contributed by atoms with E-state index in [1.165, 1.54) is 0 Å². The summed E-state index contributed by atoms with van der Waals surface area (Å²) in [7, 11) is 1.60. The predicted molar refractivity (Wildman–Crippen MR) is 129 cm³/mol. The smallest absolute Gasteiger partial charge is 0.322 e. The minimum atomic E-state index is -0.210. The highest BCUT2D eigenvalue weighted by Gasteiger charge is 2.17. The van der Waals surface area contributed by atoms with Gasteiger partial charge in [-0.25, -0.2) is 9.78 Å². The molecule has 0 unspecified atom stereocenters. The molecule has 0 saturated carbocycles. The molecular formula is C26H24ClN3O2. The van der Waals surface area contributed by atoms with E-state index in [0.717, 1.165) is 28.5 Å². The lowest BCUT2D eigenvalue weighted by Gasteiger charge is -2.24. The van der Waals surface area contributed by atoms with Gasteiger partial charge in [0.25, 0.3) is 0 Å². The molecule has 4 rings (SSSR count). The number of rotatable bonds is 7. The first-order chi connectivity index (χ1) is 15.6. The molecule has 0 aliphatic carbocycles. The van der Waals surface area contributed by atoms with Gasteiger partial charge in [-0.15, -0.1) is 0 Å². The number of benzene rings is 3. The van der Waals surface area contributed by atoms with Crippen LogP contribution in [0.5, 0.6) is 5.75 Å². The minimum Gasteiger partial charge on any atom is -0.497 e. The van der Waals surface area contributed by atoms with Crippen molar-refractivity contribution in [2.24, 2.45) is 0 Å². The SMILES string of the molecule is COc1cccc(NC(=O)N(CCc2ccccc2)Cc2cc3ccccc3nc2Cl)c1. The molecule has 1 N–H and O–H groups in total. The Morgan fingerprint density at radius 1 is 1.00 bits per heavy atom. The van der Waals surface area contributed by atoms with Crippen LogP contribution in [0, 0.1) is 0 Å². The average Bonchev–Trinajstić information content (AvgIpc) is 2.82. The van der Waals surface area contributed by atoms with Crippen molar-refractivity contribution >= 4 is 34.2 Å². The molecule has 0 aliphatic rings. The van der Waals surface area contributed by atoms with Crippen LogP contribution in [0.25, 0.3) is 10.9 Å². The normalized spacial score (nSPS) is 10.7. The van der Waals surface area contributed by atoms with Crippen molar-refractivity contribution in [1.82, 2.24) is 9.88 Å².